The topological polar surface area (TPSA) is 35.2 Å². The molecule has 1 aromatic carbocycles. The summed E-state index contributed by atoms with van der Waals surface area (Å²) in [6.07, 6.45) is 2.19. The molecule has 0 aromatic heterocycles. The van der Waals surface area contributed by atoms with Gasteiger partial charge in [-0.2, -0.15) is 0 Å². The van der Waals surface area contributed by atoms with E-state index in [1.807, 2.05) is 0 Å². The van der Waals surface area contributed by atoms with E-state index in [1.54, 1.807) is 0 Å². The van der Waals surface area contributed by atoms with Crippen LogP contribution in [-0.4, -0.2) is 13.2 Å². The molecule has 0 amide bonds. The van der Waals surface area contributed by atoms with Gasteiger partial charge in [0.15, 0.2) is 0 Å². The van der Waals surface area contributed by atoms with E-state index in [-0.39, 0.29) is 6.04 Å². The molecule has 114 valence electrons. The van der Waals surface area contributed by atoms with Gasteiger partial charge in [-0.15, -0.1) is 0 Å². The molecule has 1 aromatic rings. The Balaban J connectivity index is 2.38. The third-order valence-electron chi connectivity index (χ3n) is 3.35. The summed E-state index contributed by atoms with van der Waals surface area (Å²) in [4.78, 5) is 0. The van der Waals surface area contributed by atoms with Gasteiger partial charge in [0.25, 0.3) is 0 Å². The van der Waals surface area contributed by atoms with E-state index >= 15 is 0 Å². The summed E-state index contributed by atoms with van der Waals surface area (Å²) in [6, 6.07) is 8.61. The molecule has 0 saturated heterocycles. The van der Waals surface area contributed by atoms with Gasteiger partial charge in [0.1, 0.15) is 0 Å². The second-order valence-corrected chi connectivity index (χ2v) is 7.33. The van der Waals surface area contributed by atoms with Crippen molar-refractivity contribution in [2.24, 2.45) is 17.1 Å². The minimum Gasteiger partial charge on any atom is -0.379 e. The lowest BCUT2D eigenvalue weighted by Gasteiger charge is -2.19. The lowest BCUT2D eigenvalue weighted by molar-refractivity contribution is 0.0974. The lowest BCUT2D eigenvalue weighted by Crippen LogP contribution is -2.19. The van der Waals surface area contributed by atoms with E-state index in [0.29, 0.717) is 17.9 Å². The smallest absolute Gasteiger partial charge is 0.0659 e. The van der Waals surface area contributed by atoms with Crippen molar-refractivity contribution in [3.8, 4) is 0 Å². The Kier molecular flexibility index (Phi) is 6.70. The first kappa shape index (κ1) is 17.2. The van der Waals surface area contributed by atoms with Crippen molar-refractivity contribution >= 4 is 0 Å². The molecule has 0 bridgehead atoms. The van der Waals surface area contributed by atoms with Crippen molar-refractivity contribution in [2.45, 2.75) is 53.5 Å². The number of benzene rings is 1. The van der Waals surface area contributed by atoms with E-state index in [1.165, 1.54) is 5.56 Å². The van der Waals surface area contributed by atoms with Crippen molar-refractivity contribution < 1.29 is 4.74 Å². The first-order valence-electron chi connectivity index (χ1n) is 7.70. The summed E-state index contributed by atoms with van der Waals surface area (Å²) in [5, 5.41) is 0. The van der Waals surface area contributed by atoms with Crippen molar-refractivity contribution in [3.05, 3.63) is 35.4 Å². The van der Waals surface area contributed by atoms with Crippen LogP contribution in [0.4, 0.5) is 0 Å². The fourth-order valence-corrected chi connectivity index (χ4v) is 2.06. The number of hydrogen-bond donors (Lipinski definition) is 1. The van der Waals surface area contributed by atoms with Crippen LogP contribution in [0.25, 0.3) is 0 Å². The summed E-state index contributed by atoms with van der Waals surface area (Å²) in [7, 11) is 0. The highest BCUT2D eigenvalue weighted by Gasteiger charge is 2.11. The molecule has 20 heavy (non-hydrogen) atoms. The van der Waals surface area contributed by atoms with Gasteiger partial charge in [-0.1, -0.05) is 58.9 Å². The first-order valence-corrected chi connectivity index (χ1v) is 7.70. The standard InChI is InChI=1S/C18H31NO/c1-14(2)12-15-6-8-16(9-7-15)17(19)13-20-11-10-18(3,4)5/h6-9,14,17H,10-13,19H2,1-5H3. The minimum absolute atomic E-state index is 0.0249. The van der Waals surface area contributed by atoms with Crippen LogP contribution in [0.1, 0.15) is 58.2 Å². The average molecular weight is 277 g/mol. The summed E-state index contributed by atoms with van der Waals surface area (Å²) < 4.78 is 5.70. The Morgan fingerprint density at radius 1 is 1.10 bits per heavy atom. The molecule has 0 saturated carbocycles. The molecule has 1 rings (SSSR count). The maximum Gasteiger partial charge on any atom is 0.0659 e. The molecule has 0 fully saturated rings. The fourth-order valence-electron chi connectivity index (χ4n) is 2.06. The van der Waals surface area contributed by atoms with Crippen LogP contribution in [0.15, 0.2) is 24.3 Å². The van der Waals surface area contributed by atoms with Gasteiger partial charge < -0.3 is 10.5 Å². The van der Waals surface area contributed by atoms with E-state index in [4.69, 9.17) is 10.5 Å². The van der Waals surface area contributed by atoms with Crippen molar-refractivity contribution in [3.63, 3.8) is 0 Å². The zero-order valence-corrected chi connectivity index (χ0v) is 13.8. The molecule has 0 aliphatic heterocycles. The van der Waals surface area contributed by atoms with E-state index in [9.17, 15) is 0 Å². The maximum atomic E-state index is 6.17. The average Bonchev–Trinajstić information content (AvgIpc) is 2.33. The third-order valence-corrected chi connectivity index (χ3v) is 3.35. The summed E-state index contributed by atoms with van der Waals surface area (Å²) in [5.74, 6) is 0.690. The molecule has 2 N–H and O–H groups in total. The highest BCUT2D eigenvalue weighted by atomic mass is 16.5. The Labute approximate surface area is 124 Å². The zero-order chi connectivity index (χ0) is 15.2. The number of ether oxygens (including phenoxy) is 1. The fraction of sp³-hybridized carbons (Fsp3) is 0.667. The predicted molar refractivity (Wildman–Crippen MR) is 86.8 cm³/mol. The quantitative estimate of drug-likeness (QED) is 0.753. The number of nitrogens with two attached hydrogens (primary N) is 1. The second-order valence-electron chi connectivity index (χ2n) is 7.33. The SMILES string of the molecule is CC(C)Cc1ccc(C(N)COCCC(C)(C)C)cc1. The largest absolute Gasteiger partial charge is 0.379 e. The van der Waals surface area contributed by atoms with Crippen LogP contribution >= 0.6 is 0 Å². The maximum absolute atomic E-state index is 6.17. The molecule has 0 aliphatic rings. The molecule has 0 spiro atoms. The van der Waals surface area contributed by atoms with Gasteiger partial charge >= 0.3 is 0 Å². The van der Waals surface area contributed by atoms with Crippen LogP contribution in [-0.2, 0) is 11.2 Å². The molecule has 1 atom stereocenters. The Morgan fingerprint density at radius 2 is 1.70 bits per heavy atom. The highest BCUT2D eigenvalue weighted by molar-refractivity contribution is 5.25. The van der Waals surface area contributed by atoms with Crippen LogP contribution in [0.2, 0.25) is 0 Å². The third kappa shape index (κ3) is 7.06. The molecule has 2 nitrogen and oxygen atoms in total. The normalized spacial score (nSPS) is 13.8. The van der Waals surface area contributed by atoms with Crippen LogP contribution in [0.3, 0.4) is 0 Å². The van der Waals surface area contributed by atoms with Crippen molar-refractivity contribution in [1.29, 1.82) is 0 Å². The molecular formula is C18H31NO. The van der Waals surface area contributed by atoms with E-state index < -0.39 is 0 Å². The van der Waals surface area contributed by atoms with Crippen molar-refractivity contribution in [2.75, 3.05) is 13.2 Å². The highest BCUT2D eigenvalue weighted by Crippen LogP contribution is 2.19. The number of hydrogen-bond acceptors (Lipinski definition) is 2. The molecule has 0 aliphatic carbocycles. The van der Waals surface area contributed by atoms with Gasteiger partial charge in [0.05, 0.1) is 12.6 Å². The monoisotopic (exact) mass is 277 g/mol. The van der Waals surface area contributed by atoms with Gasteiger partial charge in [0, 0.05) is 6.61 Å². The summed E-state index contributed by atoms with van der Waals surface area (Å²) >= 11 is 0. The molecular weight excluding hydrogens is 246 g/mol. The van der Waals surface area contributed by atoms with Crippen molar-refractivity contribution in [1.82, 2.24) is 0 Å². The van der Waals surface area contributed by atoms with Gasteiger partial charge in [-0.25, -0.2) is 0 Å². The summed E-state index contributed by atoms with van der Waals surface area (Å²) in [5.41, 5.74) is 9.03. The first-order chi connectivity index (χ1) is 9.28. The predicted octanol–water partition coefficient (Wildman–Crippen LogP) is 4.34. The van der Waals surface area contributed by atoms with Crippen LogP contribution in [0.5, 0.6) is 0 Å². The number of rotatable bonds is 7. The lowest BCUT2D eigenvalue weighted by atomic mass is 9.93. The summed E-state index contributed by atoms with van der Waals surface area (Å²) in [6.45, 7) is 12.5. The zero-order valence-electron chi connectivity index (χ0n) is 13.8. The van der Waals surface area contributed by atoms with Gasteiger partial charge in [-0.3, -0.25) is 0 Å². The van der Waals surface area contributed by atoms with Gasteiger partial charge in [0.2, 0.25) is 0 Å². The minimum atomic E-state index is -0.0249. The molecule has 2 heteroatoms. The van der Waals surface area contributed by atoms with Crippen LogP contribution in [0, 0.1) is 11.3 Å². The van der Waals surface area contributed by atoms with Crippen LogP contribution < -0.4 is 5.73 Å². The molecule has 0 radical (unpaired) electrons. The molecule has 1 unspecified atom stereocenters. The van der Waals surface area contributed by atoms with Gasteiger partial charge in [-0.05, 0) is 35.3 Å². The second kappa shape index (κ2) is 7.80. The molecule has 0 heterocycles. The van der Waals surface area contributed by atoms with E-state index in [2.05, 4.69) is 58.9 Å². The van der Waals surface area contributed by atoms with E-state index in [0.717, 1.165) is 25.0 Å². The Bertz CT molecular complexity index is 375. The Hall–Kier alpha value is -0.860. The Morgan fingerprint density at radius 3 is 2.20 bits per heavy atom.